The van der Waals surface area contributed by atoms with E-state index in [0.29, 0.717) is 12.3 Å². The zero-order valence-corrected chi connectivity index (χ0v) is 15.0. The maximum atomic E-state index is 13.9. The Balaban J connectivity index is 2.06. The molecule has 0 saturated heterocycles. The lowest BCUT2D eigenvalue weighted by atomic mass is 10.0. The summed E-state index contributed by atoms with van der Waals surface area (Å²) in [6, 6.07) is 4.65. The van der Waals surface area contributed by atoms with Crippen LogP contribution in [0.1, 0.15) is 50.5 Å². The van der Waals surface area contributed by atoms with E-state index in [1.54, 1.807) is 12.1 Å². The minimum Gasteiger partial charge on any atom is -0.487 e. The Hall–Kier alpha value is -0.810. The molecule has 1 saturated carbocycles. The molecule has 0 N–H and O–H groups in total. The summed E-state index contributed by atoms with van der Waals surface area (Å²) in [7, 11) is -3.16. The Bertz CT molecular complexity index is 612. The first-order valence-electron chi connectivity index (χ1n) is 8.14. The highest BCUT2D eigenvalue weighted by atomic mass is 35.5. The van der Waals surface area contributed by atoms with Crippen molar-refractivity contribution in [3.63, 3.8) is 0 Å². The van der Waals surface area contributed by atoms with Crippen molar-refractivity contribution in [3.05, 3.63) is 29.6 Å². The molecular formula is C17H24ClFO3S. The molecule has 0 unspecified atom stereocenters. The maximum Gasteiger partial charge on any atom is 0.165 e. The average Bonchev–Trinajstić information content (AvgIpc) is 3.00. The van der Waals surface area contributed by atoms with Crippen molar-refractivity contribution in [3.8, 4) is 5.75 Å². The maximum absolute atomic E-state index is 13.9. The van der Waals surface area contributed by atoms with E-state index in [1.807, 2.05) is 6.92 Å². The van der Waals surface area contributed by atoms with Crippen molar-refractivity contribution >= 4 is 21.4 Å². The monoisotopic (exact) mass is 362 g/mol. The third-order valence-corrected chi connectivity index (χ3v) is 6.40. The second-order valence-electron chi connectivity index (χ2n) is 6.27. The molecule has 1 aromatic rings. The van der Waals surface area contributed by atoms with E-state index >= 15 is 0 Å². The Labute approximate surface area is 143 Å². The van der Waals surface area contributed by atoms with Crippen LogP contribution in [0, 0.1) is 5.82 Å². The fourth-order valence-electron chi connectivity index (χ4n) is 2.94. The molecule has 2 rings (SSSR count). The summed E-state index contributed by atoms with van der Waals surface area (Å²) in [6.07, 6.45) is 4.65. The molecule has 3 nitrogen and oxygen atoms in total. The van der Waals surface area contributed by atoms with Gasteiger partial charge in [0.1, 0.15) is 0 Å². The van der Waals surface area contributed by atoms with Crippen molar-refractivity contribution < 1.29 is 17.5 Å². The van der Waals surface area contributed by atoms with E-state index in [0.717, 1.165) is 31.2 Å². The lowest BCUT2D eigenvalue weighted by Crippen LogP contribution is -2.17. The minimum atomic E-state index is -3.16. The van der Waals surface area contributed by atoms with Gasteiger partial charge in [-0.15, -0.1) is 11.6 Å². The molecule has 0 spiro atoms. The van der Waals surface area contributed by atoms with Gasteiger partial charge in [0.15, 0.2) is 21.4 Å². The Morgan fingerprint density at radius 1 is 1.35 bits per heavy atom. The summed E-state index contributed by atoms with van der Waals surface area (Å²) in [4.78, 5) is 0. The predicted molar refractivity (Wildman–Crippen MR) is 91.7 cm³/mol. The Kier molecular flexibility index (Phi) is 6.72. The van der Waals surface area contributed by atoms with Gasteiger partial charge in [0.05, 0.1) is 17.6 Å². The fourth-order valence-corrected chi connectivity index (χ4v) is 4.93. The zero-order chi connectivity index (χ0) is 16.9. The Morgan fingerprint density at radius 2 is 2.04 bits per heavy atom. The molecular weight excluding hydrogens is 339 g/mol. The van der Waals surface area contributed by atoms with Crippen molar-refractivity contribution in [2.45, 2.75) is 51.0 Å². The normalized spacial score (nSPS) is 17.3. The highest BCUT2D eigenvalue weighted by Crippen LogP contribution is 2.29. The van der Waals surface area contributed by atoms with Crippen molar-refractivity contribution in [2.24, 2.45) is 0 Å². The molecule has 23 heavy (non-hydrogen) atoms. The Morgan fingerprint density at radius 3 is 2.70 bits per heavy atom. The van der Waals surface area contributed by atoms with Gasteiger partial charge < -0.3 is 4.74 Å². The molecule has 1 aromatic carbocycles. The standard InChI is InChI=1S/C17H24ClFO3S/c1-13(12-23(20,21)10-4-9-18)14-7-8-16(19)17(11-14)22-15-5-2-3-6-15/h7-8,11,13,15H,2-6,9-10,12H2,1H3/t13-/m0/s1. The van der Waals surface area contributed by atoms with Crippen LogP contribution >= 0.6 is 11.6 Å². The van der Waals surface area contributed by atoms with Crippen LogP contribution < -0.4 is 4.74 Å². The number of ether oxygens (including phenoxy) is 1. The lowest BCUT2D eigenvalue weighted by molar-refractivity contribution is 0.200. The van der Waals surface area contributed by atoms with Crippen LogP contribution in [0.2, 0.25) is 0 Å². The SMILES string of the molecule is C[C@@H](CS(=O)(=O)CCCCl)c1ccc(F)c(OC2CCCC2)c1. The second-order valence-corrected chi connectivity index (χ2v) is 8.88. The van der Waals surface area contributed by atoms with Gasteiger partial charge in [0.2, 0.25) is 0 Å². The van der Waals surface area contributed by atoms with Crippen molar-refractivity contribution in [1.82, 2.24) is 0 Å². The molecule has 0 amide bonds. The van der Waals surface area contributed by atoms with Crippen LogP contribution in [-0.4, -0.2) is 31.9 Å². The quantitative estimate of drug-likeness (QED) is 0.648. The third kappa shape index (κ3) is 5.64. The lowest BCUT2D eigenvalue weighted by Gasteiger charge is -2.17. The van der Waals surface area contributed by atoms with Crippen molar-refractivity contribution in [1.29, 1.82) is 0 Å². The molecule has 6 heteroatoms. The van der Waals surface area contributed by atoms with E-state index in [-0.39, 0.29) is 29.3 Å². The third-order valence-electron chi connectivity index (χ3n) is 4.21. The molecule has 0 aliphatic heterocycles. The minimum absolute atomic E-state index is 0.0401. The molecule has 130 valence electrons. The second kappa shape index (κ2) is 8.34. The van der Waals surface area contributed by atoms with Crippen LogP contribution in [0.3, 0.4) is 0 Å². The van der Waals surface area contributed by atoms with Crippen LogP contribution in [0.5, 0.6) is 5.75 Å². The number of halogens is 2. The van der Waals surface area contributed by atoms with Gasteiger partial charge in [0.25, 0.3) is 0 Å². The summed E-state index contributed by atoms with van der Waals surface area (Å²) >= 11 is 5.56. The topological polar surface area (TPSA) is 43.4 Å². The highest BCUT2D eigenvalue weighted by molar-refractivity contribution is 7.91. The first kappa shape index (κ1) is 18.5. The molecule has 0 radical (unpaired) electrons. The van der Waals surface area contributed by atoms with Gasteiger partial charge >= 0.3 is 0 Å². The van der Waals surface area contributed by atoms with Crippen molar-refractivity contribution in [2.75, 3.05) is 17.4 Å². The van der Waals surface area contributed by atoms with Gasteiger partial charge in [-0.25, -0.2) is 12.8 Å². The molecule has 0 aromatic heterocycles. The molecule has 1 atom stereocenters. The number of hydrogen-bond acceptors (Lipinski definition) is 3. The van der Waals surface area contributed by atoms with Crippen LogP contribution in [0.25, 0.3) is 0 Å². The van der Waals surface area contributed by atoms with Gasteiger partial charge in [-0.1, -0.05) is 13.0 Å². The first-order chi connectivity index (χ1) is 10.9. The summed E-state index contributed by atoms with van der Waals surface area (Å²) in [6.45, 7) is 1.84. The van der Waals surface area contributed by atoms with E-state index in [9.17, 15) is 12.8 Å². The smallest absolute Gasteiger partial charge is 0.165 e. The number of sulfone groups is 1. The van der Waals surface area contributed by atoms with Gasteiger partial charge in [-0.3, -0.25) is 0 Å². The predicted octanol–water partition coefficient (Wildman–Crippen LogP) is 4.29. The molecule has 1 fully saturated rings. The zero-order valence-electron chi connectivity index (χ0n) is 13.4. The molecule has 0 bridgehead atoms. The van der Waals surface area contributed by atoms with E-state index < -0.39 is 15.7 Å². The van der Waals surface area contributed by atoms with Crippen LogP contribution in [-0.2, 0) is 9.84 Å². The first-order valence-corrected chi connectivity index (χ1v) is 10.5. The summed E-state index contributed by atoms with van der Waals surface area (Å²) in [5, 5.41) is 0. The summed E-state index contributed by atoms with van der Waals surface area (Å²) in [5.41, 5.74) is 0.786. The number of alkyl halides is 1. The number of hydrogen-bond donors (Lipinski definition) is 0. The largest absolute Gasteiger partial charge is 0.487 e. The van der Waals surface area contributed by atoms with E-state index in [1.165, 1.54) is 6.07 Å². The van der Waals surface area contributed by atoms with Crippen LogP contribution in [0.4, 0.5) is 4.39 Å². The van der Waals surface area contributed by atoms with E-state index in [2.05, 4.69) is 0 Å². The summed E-state index contributed by atoms with van der Waals surface area (Å²) in [5.74, 6) is 0.106. The molecule has 0 heterocycles. The van der Waals surface area contributed by atoms with Gasteiger partial charge in [0, 0.05) is 5.88 Å². The number of rotatable bonds is 8. The number of benzene rings is 1. The van der Waals surface area contributed by atoms with Gasteiger partial charge in [-0.2, -0.15) is 0 Å². The molecule has 1 aliphatic carbocycles. The average molecular weight is 363 g/mol. The van der Waals surface area contributed by atoms with Gasteiger partial charge in [-0.05, 0) is 55.7 Å². The fraction of sp³-hybridized carbons (Fsp3) is 0.647. The molecule has 1 aliphatic rings. The van der Waals surface area contributed by atoms with Crippen LogP contribution in [0.15, 0.2) is 18.2 Å². The summed E-state index contributed by atoms with van der Waals surface area (Å²) < 4.78 is 43.8. The highest BCUT2D eigenvalue weighted by Gasteiger charge is 2.21. The van der Waals surface area contributed by atoms with E-state index in [4.69, 9.17) is 16.3 Å².